The van der Waals surface area contributed by atoms with Gasteiger partial charge >= 0.3 is 0 Å². The second-order valence-corrected chi connectivity index (χ2v) is 6.64. The maximum Gasteiger partial charge on any atom is 0.237 e. The number of carbonyl (C=O) groups is 1. The van der Waals surface area contributed by atoms with E-state index >= 15 is 0 Å². The van der Waals surface area contributed by atoms with Crippen LogP contribution in [0.1, 0.15) is 5.56 Å². The van der Waals surface area contributed by atoms with Crippen molar-refractivity contribution < 1.29 is 9.18 Å². The van der Waals surface area contributed by atoms with Crippen LogP contribution in [0.15, 0.2) is 46.9 Å². The number of carbonyl (C=O) groups excluding carboxylic acids is 1. The molecule has 5 nitrogen and oxygen atoms in total. The number of aromatic nitrogens is 3. The van der Waals surface area contributed by atoms with Gasteiger partial charge in [0.05, 0.1) is 4.88 Å². The third kappa shape index (κ3) is 3.77. The van der Waals surface area contributed by atoms with Crippen LogP contribution in [0.4, 0.5) is 4.39 Å². The molecule has 0 saturated carbocycles. The van der Waals surface area contributed by atoms with Crippen molar-refractivity contribution in [1.29, 1.82) is 0 Å². The number of amides is 1. The van der Waals surface area contributed by atoms with E-state index in [1.54, 1.807) is 10.6 Å². The summed E-state index contributed by atoms with van der Waals surface area (Å²) in [7, 11) is 0. The molecule has 118 valence electrons. The molecule has 1 aromatic carbocycles. The van der Waals surface area contributed by atoms with Gasteiger partial charge < -0.3 is 5.73 Å². The number of benzene rings is 1. The number of nitrogens with zero attached hydrogens (tertiary/aromatic N) is 3. The molecule has 1 amide bonds. The van der Waals surface area contributed by atoms with Crippen molar-refractivity contribution in [1.82, 2.24) is 14.8 Å². The van der Waals surface area contributed by atoms with E-state index in [0.29, 0.717) is 16.7 Å². The number of hydrogen-bond acceptors (Lipinski definition) is 5. The molecule has 3 rings (SSSR count). The van der Waals surface area contributed by atoms with Crippen molar-refractivity contribution in [3.63, 3.8) is 0 Å². The van der Waals surface area contributed by atoms with E-state index in [1.807, 2.05) is 23.6 Å². The van der Waals surface area contributed by atoms with Crippen LogP contribution < -0.4 is 5.73 Å². The maximum absolute atomic E-state index is 13.2. The Morgan fingerprint density at radius 1 is 1.30 bits per heavy atom. The summed E-state index contributed by atoms with van der Waals surface area (Å²) >= 11 is 2.90. The summed E-state index contributed by atoms with van der Waals surface area (Å²) in [6.07, 6.45) is 0. The third-order valence-electron chi connectivity index (χ3n) is 3.03. The van der Waals surface area contributed by atoms with Gasteiger partial charge in [-0.2, -0.15) is 0 Å². The highest BCUT2D eigenvalue weighted by Crippen LogP contribution is 2.28. The predicted octanol–water partition coefficient (Wildman–Crippen LogP) is 2.92. The second-order valence-electron chi connectivity index (χ2n) is 4.75. The summed E-state index contributed by atoms with van der Waals surface area (Å²) in [5, 5.41) is 10.8. The lowest BCUT2D eigenvalue weighted by molar-refractivity contribution is -0.118. The lowest BCUT2D eigenvalue weighted by Crippen LogP contribution is -2.19. The molecule has 0 bridgehead atoms. The second kappa shape index (κ2) is 6.93. The first-order valence-electron chi connectivity index (χ1n) is 6.76. The summed E-state index contributed by atoms with van der Waals surface area (Å²) in [6.45, 7) is 0.00567. The molecular weight excluding hydrogens is 335 g/mol. The predicted molar refractivity (Wildman–Crippen MR) is 88.5 cm³/mol. The fourth-order valence-corrected chi connectivity index (χ4v) is 3.65. The Kier molecular flexibility index (Phi) is 4.73. The van der Waals surface area contributed by atoms with Gasteiger partial charge in [-0.05, 0) is 29.1 Å². The minimum Gasteiger partial charge on any atom is -0.368 e. The summed E-state index contributed by atoms with van der Waals surface area (Å²) in [5.74, 6) is 0.399. The molecule has 0 atom stereocenters. The van der Waals surface area contributed by atoms with Crippen molar-refractivity contribution in [2.24, 2.45) is 5.73 Å². The number of rotatable bonds is 6. The van der Waals surface area contributed by atoms with Crippen molar-refractivity contribution in [2.75, 3.05) is 0 Å². The zero-order valence-corrected chi connectivity index (χ0v) is 13.6. The highest BCUT2D eigenvalue weighted by molar-refractivity contribution is 7.98. The first-order valence-corrected chi connectivity index (χ1v) is 8.62. The SMILES string of the molecule is NC(=O)Cn1c(SCc2cccc(F)c2)nnc1-c1cccs1. The van der Waals surface area contributed by atoms with E-state index in [-0.39, 0.29) is 12.4 Å². The van der Waals surface area contributed by atoms with Gasteiger partial charge in [-0.25, -0.2) is 4.39 Å². The van der Waals surface area contributed by atoms with Crippen molar-refractivity contribution in [3.8, 4) is 10.7 Å². The molecule has 0 radical (unpaired) electrons. The lowest BCUT2D eigenvalue weighted by atomic mass is 10.2. The summed E-state index contributed by atoms with van der Waals surface area (Å²) < 4.78 is 14.9. The van der Waals surface area contributed by atoms with E-state index in [0.717, 1.165) is 10.4 Å². The van der Waals surface area contributed by atoms with Gasteiger partial charge in [-0.3, -0.25) is 9.36 Å². The summed E-state index contributed by atoms with van der Waals surface area (Å²) in [6, 6.07) is 10.2. The van der Waals surface area contributed by atoms with Gasteiger partial charge in [0.25, 0.3) is 0 Å². The Morgan fingerprint density at radius 2 is 2.17 bits per heavy atom. The van der Waals surface area contributed by atoms with Crippen molar-refractivity contribution in [2.45, 2.75) is 17.5 Å². The van der Waals surface area contributed by atoms with Crippen LogP contribution in [0.25, 0.3) is 10.7 Å². The van der Waals surface area contributed by atoms with Crippen molar-refractivity contribution in [3.05, 3.63) is 53.2 Å². The number of primary amides is 1. The Hall–Kier alpha value is -2.19. The average molecular weight is 348 g/mol. The normalized spacial score (nSPS) is 10.8. The highest BCUT2D eigenvalue weighted by Gasteiger charge is 2.16. The largest absolute Gasteiger partial charge is 0.368 e. The van der Waals surface area contributed by atoms with Crippen molar-refractivity contribution >= 4 is 29.0 Å². The molecule has 0 aliphatic heterocycles. The van der Waals surface area contributed by atoms with Crippen LogP contribution in [0.5, 0.6) is 0 Å². The molecule has 23 heavy (non-hydrogen) atoms. The Balaban J connectivity index is 1.85. The fraction of sp³-hybridized carbons (Fsp3) is 0.133. The van der Waals surface area contributed by atoms with Crippen LogP contribution in [0.2, 0.25) is 0 Å². The van der Waals surface area contributed by atoms with Crippen LogP contribution in [0, 0.1) is 5.82 Å². The van der Waals surface area contributed by atoms with E-state index in [9.17, 15) is 9.18 Å². The van der Waals surface area contributed by atoms with Crippen LogP contribution in [-0.4, -0.2) is 20.7 Å². The van der Waals surface area contributed by atoms with Gasteiger partial charge in [0.1, 0.15) is 12.4 Å². The minimum atomic E-state index is -0.463. The van der Waals surface area contributed by atoms with E-state index < -0.39 is 5.91 Å². The Labute approximate surface area is 140 Å². The van der Waals surface area contributed by atoms with E-state index in [4.69, 9.17) is 5.73 Å². The smallest absolute Gasteiger partial charge is 0.237 e. The topological polar surface area (TPSA) is 73.8 Å². The Morgan fingerprint density at radius 3 is 2.87 bits per heavy atom. The number of nitrogens with two attached hydrogens (primary N) is 1. The first kappa shape index (κ1) is 15.7. The zero-order valence-electron chi connectivity index (χ0n) is 12.0. The van der Waals surface area contributed by atoms with Gasteiger partial charge in [0.15, 0.2) is 11.0 Å². The van der Waals surface area contributed by atoms with Crippen LogP contribution in [0.3, 0.4) is 0 Å². The van der Waals surface area contributed by atoms with E-state index in [1.165, 1.54) is 35.2 Å². The number of thiophene rings is 1. The maximum atomic E-state index is 13.2. The number of hydrogen-bond donors (Lipinski definition) is 1. The molecule has 0 fully saturated rings. The molecule has 2 aromatic heterocycles. The van der Waals surface area contributed by atoms with E-state index in [2.05, 4.69) is 10.2 Å². The van der Waals surface area contributed by atoms with Gasteiger partial charge in [-0.15, -0.1) is 21.5 Å². The first-order chi connectivity index (χ1) is 11.1. The highest BCUT2D eigenvalue weighted by atomic mass is 32.2. The lowest BCUT2D eigenvalue weighted by Gasteiger charge is -2.07. The van der Waals surface area contributed by atoms with Gasteiger partial charge in [0, 0.05) is 5.75 Å². The van der Waals surface area contributed by atoms with Gasteiger partial charge in [-0.1, -0.05) is 30.0 Å². The molecule has 0 spiro atoms. The summed E-state index contributed by atoms with van der Waals surface area (Å²) in [5.41, 5.74) is 6.17. The molecule has 0 saturated heterocycles. The molecular formula is C15H13FN4OS2. The molecule has 2 heterocycles. The molecule has 3 aromatic rings. The third-order valence-corrected chi connectivity index (χ3v) is 4.93. The van der Waals surface area contributed by atoms with Crippen LogP contribution in [-0.2, 0) is 17.1 Å². The monoisotopic (exact) mass is 348 g/mol. The van der Waals surface area contributed by atoms with Crippen LogP contribution >= 0.6 is 23.1 Å². The molecule has 0 aliphatic rings. The fourth-order valence-electron chi connectivity index (χ4n) is 2.06. The minimum absolute atomic E-state index is 0.00567. The number of thioether (sulfide) groups is 1. The number of halogens is 1. The molecule has 0 aliphatic carbocycles. The molecule has 2 N–H and O–H groups in total. The molecule has 0 unspecified atom stereocenters. The zero-order chi connectivity index (χ0) is 16.2. The quantitative estimate of drug-likeness (QED) is 0.695. The molecule has 8 heteroatoms. The van der Waals surface area contributed by atoms with Gasteiger partial charge in [0.2, 0.25) is 5.91 Å². The summed E-state index contributed by atoms with van der Waals surface area (Å²) in [4.78, 5) is 12.3. The standard InChI is InChI=1S/C15H13FN4OS2/c16-11-4-1-3-10(7-11)9-23-15-19-18-14(12-5-2-6-22-12)20(15)8-13(17)21/h1-7H,8-9H2,(H2,17,21). The Bertz CT molecular complexity index is 817. The average Bonchev–Trinajstić information content (AvgIpc) is 3.14.